The largest absolute Gasteiger partial charge is 3.00 e. The first-order valence-corrected chi connectivity index (χ1v) is 7.05. The van der Waals surface area contributed by atoms with Gasteiger partial charge in [0.25, 0.3) is 0 Å². The molecule has 0 rings (SSSR count). The first-order valence-electron chi connectivity index (χ1n) is 7.05. The summed E-state index contributed by atoms with van der Waals surface area (Å²) in [6.45, 7) is 12.6. The second kappa shape index (κ2) is 23.5. The van der Waals surface area contributed by atoms with Crippen molar-refractivity contribution < 1.29 is 15.3 Å². The van der Waals surface area contributed by atoms with E-state index in [1.807, 2.05) is 0 Å². The van der Waals surface area contributed by atoms with E-state index in [1.165, 1.54) is 0 Å². The molecule has 0 radical (unpaired) electrons. The van der Waals surface area contributed by atoms with Gasteiger partial charge in [0.2, 0.25) is 0 Å². The van der Waals surface area contributed by atoms with Crippen LogP contribution < -0.4 is 15.3 Å². The van der Waals surface area contributed by atoms with Crippen LogP contribution in [-0.4, -0.2) is 37.2 Å². The monoisotopic (exact) mass is 288 g/mol. The summed E-state index contributed by atoms with van der Waals surface area (Å²) in [6, 6.07) is 0. The van der Waals surface area contributed by atoms with Gasteiger partial charge in [-0.25, -0.2) is 0 Å². The normalized spacial score (nSPS) is 9.47. The summed E-state index contributed by atoms with van der Waals surface area (Å²) in [5, 5.41) is 29.2. The van der Waals surface area contributed by atoms with Crippen LogP contribution in [0.25, 0.3) is 0 Å². The minimum atomic E-state index is 0. The standard InChI is InChI=1S/3C5H11O.Al/c3*1-5(2)3-4-6;/h3*5H,3-4H2,1-2H3;/q3*-1;+3. The third-order valence-electron chi connectivity index (χ3n) is 2.09. The maximum Gasteiger partial charge on any atom is 3.00 e. The van der Waals surface area contributed by atoms with E-state index in [2.05, 4.69) is 41.5 Å². The molecular formula is C15H33AlO3. The summed E-state index contributed by atoms with van der Waals surface area (Å²) in [6.07, 6.45) is 2.46. The van der Waals surface area contributed by atoms with Crippen molar-refractivity contribution in [2.75, 3.05) is 19.8 Å². The molecular weight excluding hydrogens is 255 g/mol. The Morgan fingerprint density at radius 1 is 0.526 bits per heavy atom. The Labute approximate surface area is 131 Å². The molecule has 0 N–H and O–H groups in total. The fourth-order valence-electron chi connectivity index (χ4n) is 0.707. The predicted octanol–water partition coefficient (Wildman–Crippen LogP) is 0.798. The third-order valence-corrected chi connectivity index (χ3v) is 2.09. The van der Waals surface area contributed by atoms with E-state index >= 15 is 0 Å². The molecule has 19 heavy (non-hydrogen) atoms. The van der Waals surface area contributed by atoms with Gasteiger partial charge in [0.15, 0.2) is 0 Å². The van der Waals surface area contributed by atoms with E-state index in [-0.39, 0.29) is 37.2 Å². The molecule has 0 aliphatic carbocycles. The second-order valence-corrected chi connectivity index (χ2v) is 5.66. The molecule has 0 spiro atoms. The first kappa shape index (κ1) is 27.7. The van der Waals surface area contributed by atoms with Gasteiger partial charge in [-0.15, -0.1) is 19.8 Å². The van der Waals surface area contributed by atoms with Crippen molar-refractivity contribution in [1.29, 1.82) is 0 Å². The number of hydrogen-bond acceptors (Lipinski definition) is 3. The quantitative estimate of drug-likeness (QED) is 0.679. The van der Waals surface area contributed by atoms with Crippen molar-refractivity contribution >= 4 is 17.4 Å². The van der Waals surface area contributed by atoms with Crippen molar-refractivity contribution in [3.8, 4) is 0 Å². The summed E-state index contributed by atoms with van der Waals surface area (Å²) in [4.78, 5) is 0. The van der Waals surface area contributed by atoms with Gasteiger partial charge in [0, 0.05) is 0 Å². The van der Waals surface area contributed by atoms with Gasteiger partial charge in [-0.05, 0) is 17.8 Å². The van der Waals surface area contributed by atoms with Gasteiger partial charge in [-0.3, -0.25) is 0 Å². The molecule has 0 atom stereocenters. The van der Waals surface area contributed by atoms with Gasteiger partial charge >= 0.3 is 17.4 Å². The van der Waals surface area contributed by atoms with Crippen molar-refractivity contribution in [2.45, 2.75) is 60.8 Å². The van der Waals surface area contributed by atoms with Crippen molar-refractivity contribution in [3.63, 3.8) is 0 Å². The molecule has 0 amide bonds. The van der Waals surface area contributed by atoms with Crippen LogP contribution in [0.1, 0.15) is 60.8 Å². The molecule has 4 heteroatoms. The van der Waals surface area contributed by atoms with Gasteiger partial charge in [0.05, 0.1) is 0 Å². The Balaban J connectivity index is -0.0000000865. The molecule has 0 aromatic heterocycles. The van der Waals surface area contributed by atoms with Crippen LogP contribution in [0.4, 0.5) is 0 Å². The maximum atomic E-state index is 9.74. The van der Waals surface area contributed by atoms with Crippen molar-refractivity contribution in [2.24, 2.45) is 17.8 Å². The predicted molar refractivity (Wildman–Crippen MR) is 78.7 cm³/mol. The maximum absolute atomic E-state index is 9.74. The van der Waals surface area contributed by atoms with Gasteiger partial charge < -0.3 is 15.3 Å². The minimum absolute atomic E-state index is 0. The average molecular weight is 288 g/mol. The average Bonchev–Trinajstić information content (AvgIpc) is 2.18. The van der Waals surface area contributed by atoms with Crippen molar-refractivity contribution in [3.05, 3.63) is 0 Å². The van der Waals surface area contributed by atoms with E-state index in [9.17, 15) is 15.3 Å². The van der Waals surface area contributed by atoms with Crippen LogP contribution in [0.5, 0.6) is 0 Å². The molecule has 0 bridgehead atoms. The van der Waals surface area contributed by atoms with E-state index in [4.69, 9.17) is 0 Å². The smallest absolute Gasteiger partial charge is 0.854 e. The zero-order chi connectivity index (χ0) is 15.0. The molecule has 0 aliphatic heterocycles. The summed E-state index contributed by atoms with van der Waals surface area (Å²) in [5.74, 6) is 1.76. The summed E-state index contributed by atoms with van der Waals surface area (Å²) < 4.78 is 0. The molecule has 0 aromatic rings. The summed E-state index contributed by atoms with van der Waals surface area (Å²) >= 11 is 0. The van der Waals surface area contributed by atoms with Crippen LogP contribution in [0.2, 0.25) is 0 Å². The van der Waals surface area contributed by atoms with Crippen LogP contribution in [0.15, 0.2) is 0 Å². The molecule has 0 aliphatic rings. The van der Waals surface area contributed by atoms with E-state index in [1.54, 1.807) is 0 Å². The minimum Gasteiger partial charge on any atom is -0.854 e. The van der Waals surface area contributed by atoms with Crippen LogP contribution in [0.3, 0.4) is 0 Å². The Morgan fingerprint density at radius 2 is 0.684 bits per heavy atom. The Morgan fingerprint density at radius 3 is 0.684 bits per heavy atom. The Bertz CT molecular complexity index is 105. The molecule has 114 valence electrons. The van der Waals surface area contributed by atoms with Gasteiger partial charge in [-0.1, -0.05) is 60.8 Å². The Hall–Kier alpha value is 0.412. The molecule has 0 heterocycles. The van der Waals surface area contributed by atoms with Crippen LogP contribution in [0, 0.1) is 17.8 Å². The third kappa shape index (κ3) is 56.0. The zero-order valence-corrected chi connectivity index (χ0v) is 14.9. The number of rotatable bonds is 6. The topological polar surface area (TPSA) is 69.2 Å². The molecule has 0 unspecified atom stereocenters. The second-order valence-electron chi connectivity index (χ2n) is 5.66. The molecule has 0 aromatic carbocycles. The van der Waals surface area contributed by atoms with E-state index < -0.39 is 0 Å². The van der Waals surface area contributed by atoms with E-state index in [0.29, 0.717) is 17.8 Å². The van der Waals surface area contributed by atoms with Crippen LogP contribution in [-0.2, 0) is 0 Å². The van der Waals surface area contributed by atoms with Gasteiger partial charge in [0.1, 0.15) is 0 Å². The van der Waals surface area contributed by atoms with Gasteiger partial charge in [-0.2, -0.15) is 0 Å². The zero-order valence-electron chi connectivity index (χ0n) is 13.8. The first-order chi connectivity index (χ1) is 8.31. The fourth-order valence-corrected chi connectivity index (χ4v) is 0.707. The molecule has 0 fully saturated rings. The molecule has 0 saturated heterocycles. The fraction of sp³-hybridized carbons (Fsp3) is 1.00. The van der Waals surface area contributed by atoms with Crippen LogP contribution >= 0.6 is 0 Å². The SMILES string of the molecule is CC(C)CC[O-].CC(C)CC[O-].CC(C)CC[O-].[Al+3]. The summed E-state index contributed by atoms with van der Waals surface area (Å²) in [5.41, 5.74) is 0. The number of hydrogen-bond donors (Lipinski definition) is 0. The molecule has 0 saturated carbocycles. The Kier molecular flexibility index (Phi) is 34.3. The molecule has 3 nitrogen and oxygen atoms in total. The van der Waals surface area contributed by atoms with Crippen molar-refractivity contribution in [1.82, 2.24) is 0 Å². The van der Waals surface area contributed by atoms with E-state index in [0.717, 1.165) is 19.3 Å². The summed E-state index contributed by atoms with van der Waals surface area (Å²) in [7, 11) is 0.